The van der Waals surface area contributed by atoms with E-state index in [0.717, 1.165) is 10.5 Å². The Morgan fingerprint density at radius 1 is 1.18 bits per heavy atom. The van der Waals surface area contributed by atoms with Gasteiger partial charge in [-0.1, -0.05) is 27.5 Å². The van der Waals surface area contributed by atoms with Crippen LogP contribution in [0.4, 0.5) is 5.69 Å². The first-order valence-corrected chi connectivity index (χ1v) is 9.06. The monoisotopic (exact) mass is 486 g/mol. The van der Waals surface area contributed by atoms with Gasteiger partial charge < -0.3 is 4.74 Å². The molecule has 0 spiro atoms. The van der Waals surface area contributed by atoms with Crippen LogP contribution in [0, 0.1) is 10.1 Å². The highest BCUT2D eigenvalue weighted by atomic mass is 79.9. The highest BCUT2D eigenvalue weighted by Crippen LogP contribution is 2.24. The Kier molecular flexibility index (Phi) is 7.67. The average Bonchev–Trinajstić information content (AvgIpc) is 2.66. The van der Waals surface area contributed by atoms with E-state index in [2.05, 4.69) is 32.1 Å². The minimum absolute atomic E-state index is 0.0230. The number of thiocarbonyl (C=S) groups is 1. The number of carbonyl (C=O) groups is 2. The number of nitrogens with zero attached hydrogens (tertiary/aromatic N) is 1. The summed E-state index contributed by atoms with van der Waals surface area (Å²) in [5.41, 5.74) is 4.15. The fourth-order valence-electron chi connectivity index (χ4n) is 1.84. The number of nitro groups is 1. The zero-order valence-electron chi connectivity index (χ0n) is 13.9. The number of hydrazine groups is 1. The molecule has 2 amide bonds. The van der Waals surface area contributed by atoms with Gasteiger partial charge in [0, 0.05) is 16.1 Å². The Morgan fingerprint density at radius 2 is 1.86 bits per heavy atom. The molecule has 12 heteroatoms. The topological polar surface area (TPSA) is 123 Å². The Bertz CT molecular complexity index is 926. The van der Waals surface area contributed by atoms with Crippen LogP contribution in [0.3, 0.4) is 0 Å². The lowest BCUT2D eigenvalue weighted by molar-refractivity contribution is -0.384. The molecule has 0 bridgehead atoms. The summed E-state index contributed by atoms with van der Waals surface area (Å²) in [6.07, 6.45) is 0. The van der Waals surface area contributed by atoms with Crippen molar-refractivity contribution in [2.45, 2.75) is 0 Å². The summed E-state index contributed by atoms with van der Waals surface area (Å²) < 4.78 is 6.15. The van der Waals surface area contributed by atoms with Gasteiger partial charge in [0.25, 0.3) is 17.5 Å². The molecule has 0 unspecified atom stereocenters. The number of ether oxygens (including phenoxy) is 1. The van der Waals surface area contributed by atoms with Crippen molar-refractivity contribution >= 4 is 62.4 Å². The van der Waals surface area contributed by atoms with Crippen molar-refractivity contribution in [1.82, 2.24) is 16.2 Å². The molecule has 0 radical (unpaired) electrons. The first kappa shape index (κ1) is 21.5. The lowest BCUT2D eigenvalue weighted by Gasteiger charge is -2.11. The highest BCUT2D eigenvalue weighted by Gasteiger charge is 2.17. The normalized spacial score (nSPS) is 9.93. The van der Waals surface area contributed by atoms with E-state index in [1.165, 1.54) is 12.1 Å². The van der Waals surface area contributed by atoms with Gasteiger partial charge in [0.1, 0.15) is 10.8 Å². The largest absolute Gasteiger partial charge is 0.484 e. The van der Waals surface area contributed by atoms with Crippen LogP contribution in [0.2, 0.25) is 5.02 Å². The van der Waals surface area contributed by atoms with Crippen LogP contribution in [-0.4, -0.2) is 28.5 Å². The number of carbonyl (C=O) groups excluding carboxylic acids is 2. The number of hydrogen-bond donors (Lipinski definition) is 3. The van der Waals surface area contributed by atoms with Gasteiger partial charge in [-0.3, -0.25) is 35.9 Å². The Balaban J connectivity index is 1.80. The van der Waals surface area contributed by atoms with Gasteiger partial charge in [0.15, 0.2) is 11.7 Å². The van der Waals surface area contributed by atoms with Gasteiger partial charge in [-0.25, -0.2) is 0 Å². The Labute approximate surface area is 177 Å². The number of nitro benzene ring substituents is 1. The second kappa shape index (κ2) is 9.97. The van der Waals surface area contributed by atoms with Crippen LogP contribution in [0.25, 0.3) is 0 Å². The SMILES string of the molecule is O=C(COc1ccc(Br)cc1)NNC(=S)NC(=O)c1ccc(Cl)c([N+](=O)[O-])c1. The van der Waals surface area contributed by atoms with Crippen molar-refractivity contribution in [3.05, 3.63) is 67.6 Å². The van der Waals surface area contributed by atoms with E-state index in [1.807, 2.05) is 0 Å². The molecule has 2 rings (SSSR count). The second-order valence-electron chi connectivity index (χ2n) is 5.12. The molecule has 2 aromatic carbocycles. The van der Waals surface area contributed by atoms with E-state index in [9.17, 15) is 19.7 Å². The summed E-state index contributed by atoms with van der Waals surface area (Å²) in [6, 6.07) is 10.4. The van der Waals surface area contributed by atoms with E-state index < -0.39 is 22.4 Å². The van der Waals surface area contributed by atoms with E-state index in [-0.39, 0.29) is 22.3 Å². The Morgan fingerprint density at radius 3 is 2.50 bits per heavy atom. The van der Waals surface area contributed by atoms with E-state index in [1.54, 1.807) is 24.3 Å². The lowest BCUT2D eigenvalue weighted by atomic mass is 10.2. The van der Waals surface area contributed by atoms with Crippen LogP contribution < -0.4 is 20.9 Å². The molecule has 0 fully saturated rings. The molecular formula is C16H12BrClN4O5S. The average molecular weight is 488 g/mol. The molecule has 0 atom stereocenters. The first-order chi connectivity index (χ1) is 13.3. The third-order valence-electron chi connectivity index (χ3n) is 3.13. The van der Waals surface area contributed by atoms with Gasteiger partial charge in [-0.05, 0) is 48.6 Å². The maximum Gasteiger partial charge on any atom is 0.288 e. The molecule has 146 valence electrons. The zero-order valence-corrected chi connectivity index (χ0v) is 17.1. The molecule has 28 heavy (non-hydrogen) atoms. The summed E-state index contributed by atoms with van der Waals surface area (Å²) in [4.78, 5) is 34.0. The maximum atomic E-state index is 12.1. The molecule has 0 saturated carbocycles. The highest BCUT2D eigenvalue weighted by molar-refractivity contribution is 9.10. The third-order valence-corrected chi connectivity index (χ3v) is 4.18. The predicted octanol–water partition coefficient (Wildman–Crippen LogP) is 2.73. The van der Waals surface area contributed by atoms with E-state index in [4.69, 9.17) is 28.6 Å². The molecule has 0 aromatic heterocycles. The van der Waals surface area contributed by atoms with Crippen LogP contribution in [0.5, 0.6) is 5.75 Å². The predicted molar refractivity (Wildman–Crippen MR) is 109 cm³/mol. The number of amides is 2. The number of halogens is 2. The van der Waals surface area contributed by atoms with Crippen molar-refractivity contribution < 1.29 is 19.2 Å². The molecular weight excluding hydrogens is 476 g/mol. The summed E-state index contributed by atoms with van der Waals surface area (Å²) in [6.45, 7) is -0.283. The minimum Gasteiger partial charge on any atom is -0.484 e. The summed E-state index contributed by atoms with van der Waals surface area (Å²) in [5, 5.41) is 12.8. The smallest absolute Gasteiger partial charge is 0.288 e. The molecule has 3 N–H and O–H groups in total. The van der Waals surface area contributed by atoms with Crippen LogP contribution in [-0.2, 0) is 4.79 Å². The summed E-state index contributed by atoms with van der Waals surface area (Å²) in [5.74, 6) is -0.752. The molecule has 0 aliphatic rings. The lowest BCUT2D eigenvalue weighted by Crippen LogP contribution is -2.49. The molecule has 2 aromatic rings. The maximum absolute atomic E-state index is 12.1. The van der Waals surface area contributed by atoms with E-state index in [0.29, 0.717) is 5.75 Å². The number of rotatable bonds is 5. The number of nitrogens with one attached hydrogen (secondary N) is 3. The quantitative estimate of drug-likeness (QED) is 0.337. The van der Waals surface area contributed by atoms with Crippen molar-refractivity contribution in [3.63, 3.8) is 0 Å². The standard InChI is InChI=1S/C16H12BrClN4O5S/c17-10-2-4-11(5-3-10)27-8-14(23)20-21-16(28)19-15(24)9-1-6-12(18)13(7-9)22(25)26/h1-7H,8H2,(H,20,23)(H2,19,21,24,28). The first-order valence-electron chi connectivity index (χ1n) is 7.48. The van der Waals surface area contributed by atoms with Crippen LogP contribution in [0.1, 0.15) is 10.4 Å². The summed E-state index contributed by atoms with van der Waals surface area (Å²) >= 11 is 13.9. The van der Waals surface area contributed by atoms with Crippen molar-refractivity contribution in [2.24, 2.45) is 0 Å². The van der Waals surface area contributed by atoms with Crippen molar-refractivity contribution in [2.75, 3.05) is 6.61 Å². The molecule has 9 nitrogen and oxygen atoms in total. The van der Waals surface area contributed by atoms with E-state index >= 15 is 0 Å². The fraction of sp³-hybridized carbons (Fsp3) is 0.0625. The fourth-order valence-corrected chi connectivity index (χ4v) is 2.44. The zero-order chi connectivity index (χ0) is 20.7. The second-order valence-corrected chi connectivity index (χ2v) is 6.85. The van der Waals surface area contributed by atoms with Crippen molar-refractivity contribution in [3.8, 4) is 5.75 Å². The van der Waals surface area contributed by atoms with Crippen molar-refractivity contribution in [1.29, 1.82) is 0 Å². The minimum atomic E-state index is -0.711. The van der Waals surface area contributed by atoms with Gasteiger partial charge in [-0.2, -0.15) is 0 Å². The van der Waals surface area contributed by atoms with Gasteiger partial charge in [-0.15, -0.1) is 0 Å². The summed E-state index contributed by atoms with van der Waals surface area (Å²) in [7, 11) is 0. The van der Waals surface area contributed by atoms with Crippen LogP contribution in [0.15, 0.2) is 46.9 Å². The van der Waals surface area contributed by atoms with Gasteiger partial charge in [0.2, 0.25) is 0 Å². The number of hydrogen-bond acceptors (Lipinski definition) is 6. The molecule has 0 heterocycles. The Hall–Kier alpha value is -2.76. The van der Waals surface area contributed by atoms with Gasteiger partial charge in [0.05, 0.1) is 4.92 Å². The molecule has 0 saturated heterocycles. The molecule has 0 aliphatic carbocycles. The third kappa shape index (κ3) is 6.44. The molecule has 0 aliphatic heterocycles. The van der Waals surface area contributed by atoms with Gasteiger partial charge >= 0.3 is 0 Å². The van der Waals surface area contributed by atoms with Crippen LogP contribution >= 0.6 is 39.7 Å². The number of benzene rings is 2.